The molecule has 1 N–H and O–H groups in total. The van der Waals surface area contributed by atoms with Gasteiger partial charge in [0, 0.05) is 0 Å². The molecule has 26 heteroatoms. The standard InChI is InChI=1S/C8HF18NO4S2.Li/c9-1(10,5(17,18)19)3(13,14)7(23,24)32(28,29)27-33(30,31)8(25,26)4(15,16)2(11,12)6(20,21)22;/h27H;/q;+1. The predicted octanol–water partition coefficient (Wildman–Crippen LogP) is 1.09. The maximum absolute atomic E-state index is 13.2. The molecule has 0 saturated carbocycles. The average Bonchev–Trinajstić information content (AvgIpc) is 2.50. The van der Waals surface area contributed by atoms with E-state index in [9.17, 15) is 95.9 Å². The molecule has 5 nitrogen and oxygen atoms in total. The van der Waals surface area contributed by atoms with Crippen molar-refractivity contribution in [3.63, 3.8) is 0 Å². The summed E-state index contributed by atoms with van der Waals surface area (Å²) in [6.07, 6.45) is -15.5. The van der Waals surface area contributed by atoms with Crippen molar-refractivity contribution in [2.45, 2.75) is 46.6 Å². The SMILES string of the molecule is O=S(=O)(NS(=O)(=O)C(F)(F)C(F)(F)C(F)(F)C(F)(F)F)C(F)(F)C(F)(F)C(F)(F)C(F)(F)F.[Li+]. The first kappa shape index (κ1) is 35.4. The van der Waals surface area contributed by atoms with Gasteiger partial charge in [-0.2, -0.15) is 79.0 Å². The van der Waals surface area contributed by atoms with Crippen molar-refractivity contribution in [3.05, 3.63) is 0 Å². The Bertz CT molecular complexity index is 887. The van der Waals surface area contributed by atoms with Crippen LogP contribution in [0.2, 0.25) is 0 Å². The Morgan fingerprint density at radius 3 is 0.706 bits per heavy atom. The van der Waals surface area contributed by atoms with Gasteiger partial charge in [0.15, 0.2) is 0 Å². The fourth-order valence-corrected chi connectivity index (χ4v) is 4.23. The van der Waals surface area contributed by atoms with E-state index in [1.807, 2.05) is 0 Å². The molecule has 0 atom stereocenters. The molecule has 0 aromatic rings. The number of sulfonamides is 2. The predicted molar refractivity (Wildman–Crippen MR) is 62.8 cm³/mol. The molecule has 34 heavy (non-hydrogen) atoms. The topological polar surface area (TPSA) is 80.3 Å². The van der Waals surface area contributed by atoms with E-state index in [2.05, 4.69) is 0 Å². The molecule has 0 radical (unpaired) electrons. The summed E-state index contributed by atoms with van der Waals surface area (Å²) in [6, 6.07) is 0. The Balaban J connectivity index is 0. The van der Waals surface area contributed by atoms with Crippen LogP contribution in [0.5, 0.6) is 0 Å². The van der Waals surface area contributed by atoms with Crippen molar-refractivity contribution in [2.24, 2.45) is 0 Å². The molecule has 0 saturated heterocycles. The molecular weight excluding hydrogens is 587 g/mol. The molecule has 0 fully saturated rings. The van der Waals surface area contributed by atoms with Crippen molar-refractivity contribution in [1.82, 2.24) is 4.13 Å². The average molecular weight is 588 g/mol. The molecule has 0 aliphatic rings. The molecule has 200 valence electrons. The van der Waals surface area contributed by atoms with Crippen LogP contribution in [0.1, 0.15) is 0 Å². The molecule has 0 rings (SSSR count). The minimum absolute atomic E-state index is 0. The van der Waals surface area contributed by atoms with Crippen LogP contribution in [-0.4, -0.2) is 63.4 Å². The monoisotopic (exact) mass is 588 g/mol. The van der Waals surface area contributed by atoms with E-state index in [0.717, 1.165) is 0 Å². The van der Waals surface area contributed by atoms with E-state index in [-0.39, 0.29) is 18.9 Å². The fraction of sp³-hybridized carbons (Fsp3) is 1.00. The summed E-state index contributed by atoms with van der Waals surface area (Å²) in [4.78, 5) is 0. The minimum Gasteiger partial charge on any atom is -0.205 e. The number of alkyl halides is 18. The van der Waals surface area contributed by atoms with E-state index in [4.69, 9.17) is 0 Å². The van der Waals surface area contributed by atoms with Crippen LogP contribution in [-0.2, 0) is 20.0 Å². The van der Waals surface area contributed by atoms with Crippen LogP contribution >= 0.6 is 0 Å². The van der Waals surface area contributed by atoms with Gasteiger partial charge in [-0.25, -0.2) is 16.8 Å². The van der Waals surface area contributed by atoms with Gasteiger partial charge < -0.3 is 0 Å². The zero-order valence-electron chi connectivity index (χ0n) is 14.8. The summed E-state index contributed by atoms with van der Waals surface area (Å²) in [6.45, 7) is 0. The quantitative estimate of drug-likeness (QED) is 0.341. The number of hydrogen-bond acceptors (Lipinski definition) is 4. The van der Waals surface area contributed by atoms with Gasteiger partial charge in [-0.1, -0.05) is 4.13 Å². The van der Waals surface area contributed by atoms with E-state index >= 15 is 0 Å². The first-order valence-electron chi connectivity index (χ1n) is 6.38. The van der Waals surface area contributed by atoms with E-state index in [0.29, 0.717) is 0 Å². The smallest absolute Gasteiger partial charge is 0.205 e. The van der Waals surface area contributed by atoms with Crippen LogP contribution in [0.15, 0.2) is 0 Å². The third-order valence-electron chi connectivity index (χ3n) is 3.13. The Hall–Kier alpha value is -0.803. The first-order chi connectivity index (χ1) is 13.7. The molecule has 0 unspecified atom stereocenters. The molecule has 0 bridgehead atoms. The van der Waals surface area contributed by atoms with Gasteiger partial charge >= 0.3 is 65.4 Å². The zero-order valence-corrected chi connectivity index (χ0v) is 16.4. The van der Waals surface area contributed by atoms with Crippen molar-refractivity contribution < 1.29 is 115 Å². The molecule has 0 heterocycles. The number of rotatable bonds is 8. The second-order valence-electron chi connectivity index (χ2n) is 5.42. The maximum atomic E-state index is 13.2. The summed E-state index contributed by atoms with van der Waals surface area (Å²) in [5.41, 5.74) is 0. The van der Waals surface area contributed by atoms with Crippen LogP contribution < -0.4 is 23.0 Å². The van der Waals surface area contributed by atoms with Crippen molar-refractivity contribution in [3.8, 4) is 0 Å². The second-order valence-corrected chi connectivity index (χ2v) is 9.12. The van der Waals surface area contributed by atoms with Gasteiger partial charge in [-0.15, -0.1) is 0 Å². The van der Waals surface area contributed by atoms with Crippen LogP contribution in [0.25, 0.3) is 0 Å². The molecule has 0 spiro atoms. The number of halogens is 18. The molecule has 0 aliphatic carbocycles. The van der Waals surface area contributed by atoms with Crippen molar-refractivity contribution in [1.29, 1.82) is 0 Å². The van der Waals surface area contributed by atoms with Crippen LogP contribution in [0.3, 0.4) is 0 Å². The van der Waals surface area contributed by atoms with E-state index in [1.165, 1.54) is 0 Å². The molecule has 0 aromatic carbocycles. The van der Waals surface area contributed by atoms with Gasteiger partial charge in [0.1, 0.15) is 0 Å². The van der Waals surface area contributed by atoms with Gasteiger partial charge in [-0.3, -0.25) is 0 Å². The Kier molecular flexibility index (Phi) is 8.99. The third kappa shape index (κ3) is 4.77. The summed E-state index contributed by atoms with van der Waals surface area (Å²) < 4.78 is 268. The minimum atomic E-state index is -8.68. The summed E-state index contributed by atoms with van der Waals surface area (Å²) in [5, 5.41) is -16.3. The summed E-state index contributed by atoms with van der Waals surface area (Å²) in [5.74, 6) is -32.9. The Morgan fingerprint density at radius 2 is 0.559 bits per heavy atom. The van der Waals surface area contributed by atoms with Crippen LogP contribution in [0.4, 0.5) is 79.0 Å². The summed E-state index contributed by atoms with van der Waals surface area (Å²) in [7, 11) is -17.4. The molecule has 0 aliphatic heterocycles. The van der Waals surface area contributed by atoms with Gasteiger partial charge in [0.25, 0.3) is 20.0 Å². The normalized spacial score (nSPS) is 16.3. The second kappa shape index (κ2) is 8.65. The van der Waals surface area contributed by atoms with Gasteiger partial charge in [0.2, 0.25) is 0 Å². The first-order valence-corrected chi connectivity index (χ1v) is 9.35. The van der Waals surface area contributed by atoms with Crippen molar-refractivity contribution in [2.75, 3.05) is 0 Å². The Labute approximate surface area is 186 Å². The van der Waals surface area contributed by atoms with Gasteiger partial charge in [-0.05, 0) is 0 Å². The zero-order chi connectivity index (χ0) is 27.7. The fourth-order valence-electron chi connectivity index (χ4n) is 1.31. The largest absolute Gasteiger partial charge is 1.00 e. The molecule has 0 aromatic heterocycles. The number of nitrogens with one attached hydrogen (secondary N) is 1. The molecular formula is C8HF18LiNO4S2+. The number of hydrogen-bond donors (Lipinski definition) is 1. The van der Waals surface area contributed by atoms with Gasteiger partial charge in [0.05, 0.1) is 0 Å². The van der Waals surface area contributed by atoms with Crippen LogP contribution in [0, 0.1) is 0 Å². The Morgan fingerprint density at radius 1 is 0.382 bits per heavy atom. The summed E-state index contributed by atoms with van der Waals surface area (Å²) >= 11 is 0. The maximum Gasteiger partial charge on any atom is 1.00 e. The third-order valence-corrected chi connectivity index (χ3v) is 6.74. The molecule has 0 amide bonds. The van der Waals surface area contributed by atoms with E-state index in [1.54, 1.807) is 0 Å². The van der Waals surface area contributed by atoms with E-state index < -0.39 is 70.7 Å². The van der Waals surface area contributed by atoms with Crippen molar-refractivity contribution >= 4 is 20.0 Å².